The van der Waals surface area contributed by atoms with Crippen LogP contribution in [0.4, 0.5) is 0 Å². The highest BCUT2D eigenvalue weighted by Crippen LogP contribution is 2.16. The molecule has 6 heteroatoms. The highest BCUT2D eigenvalue weighted by Gasteiger charge is 2.19. The molecule has 0 aliphatic carbocycles. The molecule has 0 aliphatic rings. The standard InChI is InChI=1S/C65H114O6/c1-4-7-10-13-16-19-22-25-28-30-32-34-37-39-42-45-48-51-54-57-63(66)69-60-62(71-65(68)59-56-53-50-47-44-41-36-27-24-21-18-15-12-9-6-3)61-70-64(67)58-55-52-49-46-43-40-38-35-33-31-29-26-23-20-17-14-11-8-5-2/h7,10,16,19,21,24-25,28,32,34,39,42,62H,4-6,8-9,11-15,17-18,20,22-23,26-27,29-31,33,35-38,40-41,43-61H2,1-3H3/b10-7-,19-16-,24-21-,28-25-,34-32-,42-39-/t62-/m1/s1. The normalized spacial score (nSPS) is 12.5. The van der Waals surface area contributed by atoms with Crippen molar-refractivity contribution in [2.24, 2.45) is 0 Å². The molecule has 0 aromatic rings. The van der Waals surface area contributed by atoms with Crippen molar-refractivity contribution < 1.29 is 28.6 Å². The molecule has 0 aromatic carbocycles. The Balaban J connectivity index is 4.40. The van der Waals surface area contributed by atoms with Gasteiger partial charge in [-0.1, -0.05) is 267 Å². The minimum absolute atomic E-state index is 0.0850. The predicted molar refractivity (Wildman–Crippen MR) is 307 cm³/mol. The monoisotopic (exact) mass is 991 g/mol. The maximum Gasteiger partial charge on any atom is 0.306 e. The molecule has 0 N–H and O–H groups in total. The molecule has 71 heavy (non-hydrogen) atoms. The van der Waals surface area contributed by atoms with E-state index in [4.69, 9.17) is 14.2 Å². The lowest BCUT2D eigenvalue weighted by atomic mass is 10.0. The Kier molecular flexibility index (Phi) is 56.8. The summed E-state index contributed by atoms with van der Waals surface area (Å²) in [7, 11) is 0. The molecule has 0 rings (SSSR count). The molecule has 0 aliphatic heterocycles. The number of esters is 3. The van der Waals surface area contributed by atoms with E-state index in [1.54, 1.807) is 0 Å². The average molecular weight is 992 g/mol. The van der Waals surface area contributed by atoms with Gasteiger partial charge in [-0.05, 0) is 89.9 Å². The second kappa shape index (κ2) is 59.4. The zero-order valence-corrected chi connectivity index (χ0v) is 47.0. The van der Waals surface area contributed by atoms with Crippen LogP contribution in [0.1, 0.15) is 303 Å². The SMILES string of the molecule is CC/C=C\C/C=C\C/C=C\C/C=C\C/C=C\CCCCCC(=O)OC[C@H](COC(=O)CCCCCCCCCCCCCCCCCCCCC)OC(=O)CCCCCCCCC/C=C\CCCCCC. The number of rotatable bonds is 55. The largest absolute Gasteiger partial charge is 0.462 e. The summed E-state index contributed by atoms with van der Waals surface area (Å²) in [6.07, 6.45) is 76.1. The van der Waals surface area contributed by atoms with Crippen LogP contribution in [0, 0.1) is 0 Å². The lowest BCUT2D eigenvalue weighted by Crippen LogP contribution is -2.30. The van der Waals surface area contributed by atoms with Crippen molar-refractivity contribution in [1.82, 2.24) is 0 Å². The molecule has 0 aromatic heterocycles. The van der Waals surface area contributed by atoms with Gasteiger partial charge in [-0.25, -0.2) is 0 Å². The molecule has 0 heterocycles. The molecule has 6 nitrogen and oxygen atoms in total. The third kappa shape index (κ3) is 57.6. The first kappa shape index (κ1) is 67.8. The van der Waals surface area contributed by atoms with E-state index < -0.39 is 6.10 Å². The van der Waals surface area contributed by atoms with Gasteiger partial charge in [-0.2, -0.15) is 0 Å². The van der Waals surface area contributed by atoms with Gasteiger partial charge < -0.3 is 14.2 Å². The predicted octanol–water partition coefficient (Wildman–Crippen LogP) is 20.5. The summed E-state index contributed by atoms with van der Waals surface area (Å²) in [4.78, 5) is 38.2. The Morgan fingerprint density at radius 2 is 0.549 bits per heavy atom. The van der Waals surface area contributed by atoms with Gasteiger partial charge in [0.05, 0.1) is 0 Å². The third-order valence-electron chi connectivity index (χ3n) is 13.2. The smallest absolute Gasteiger partial charge is 0.306 e. The van der Waals surface area contributed by atoms with Crippen LogP contribution in [0.5, 0.6) is 0 Å². The van der Waals surface area contributed by atoms with Gasteiger partial charge in [0.1, 0.15) is 13.2 Å². The van der Waals surface area contributed by atoms with E-state index in [2.05, 4.69) is 93.7 Å². The molecule has 0 radical (unpaired) electrons. The first-order chi connectivity index (χ1) is 35.0. The third-order valence-corrected chi connectivity index (χ3v) is 13.2. The summed E-state index contributed by atoms with van der Waals surface area (Å²) < 4.78 is 16.9. The van der Waals surface area contributed by atoms with Crippen LogP contribution < -0.4 is 0 Å². The number of hydrogen-bond donors (Lipinski definition) is 0. The summed E-state index contributed by atoms with van der Waals surface area (Å²) in [6.45, 7) is 6.52. The Labute approximate surface area is 440 Å². The number of allylic oxidation sites excluding steroid dienone is 12. The number of carbonyl (C=O) groups excluding carboxylic acids is 3. The van der Waals surface area contributed by atoms with E-state index in [1.165, 1.54) is 167 Å². The van der Waals surface area contributed by atoms with E-state index in [-0.39, 0.29) is 31.1 Å². The summed E-state index contributed by atoms with van der Waals surface area (Å²) in [6, 6.07) is 0. The molecule has 0 spiro atoms. The van der Waals surface area contributed by atoms with Crippen LogP contribution in [-0.2, 0) is 28.6 Å². The molecule has 0 saturated carbocycles. The fraction of sp³-hybridized carbons (Fsp3) is 0.769. The van der Waals surface area contributed by atoms with Crippen molar-refractivity contribution in [3.63, 3.8) is 0 Å². The van der Waals surface area contributed by atoms with Crippen LogP contribution in [0.3, 0.4) is 0 Å². The van der Waals surface area contributed by atoms with Crippen LogP contribution in [-0.4, -0.2) is 37.2 Å². The van der Waals surface area contributed by atoms with Gasteiger partial charge in [0.25, 0.3) is 0 Å². The Morgan fingerprint density at radius 3 is 0.901 bits per heavy atom. The average Bonchev–Trinajstić information content (AvgIpc) is 3.37. The van der Waals surface area contributed by atoms with E-state index >= 15 is 0 Å². The van der Waals surface area contributed by atoms with Crippen LogP contribution in [0.25, 0.3) is 0 Å². The van der Waals surface area contributed by atoms with Crippen molar-refractivity contribution in [1.29, 1.82) is 0 Å². The van der Waals surface area contributed by atoms with Crippen LogP contribution >= 0.6 is 0 Å². The fourth-order valence-electron chi connectivity index (χ4n) is 8.64. The van der Waals surface area contributed by atoms with Crippen molar-refractivity contribution in [2.45, 2.75) is 309 Å². The van der Waals surface area contributed by atoms with Crippen molar-refractivity contribution >= 4 is 17.9 Å². The van der Waals surface area contributed by atoms with Crippen LogP contribution in [0.2, 0.25) is 0 Å². The first-order valence-corrected chi connectivity index (χ1v) is 30.4. The fourth-order valence-corrected chi connectivity index (χ4v) is 8.64. The second-order valence-corrected chi connectivity index (χ2v) is 20.2. The molecule has 0 saturated heterocycles. The minimum Gasteiger partial charge on any atom is -0.462 e. The lowest BCUT2D eigenvalue weighted by molar-refractivity contribution is -0.167. The zero-order valence-electron chi connectivity index (χ0n) is 47.0. The zero-order chi connectivity index (χ0) is 51.4. The summed E-state index contributed by atoms with van der Waals surface area (Å²) >= 11 is 0. The van der Waals surface area contributed by atoms with Crippen molar-refractivity contribution in [3.05, 3.63) is 72.9 Å². The molecule has 0 bridgehead atoms. The maximum atomic E-state index is 12.9. The molecule has 0 fully saturated rings. The summed E-state index contributed by atoms with van der Waals surface area (Å²) in [5, 5.41) is 0. The van der Waals surface area contributed by atoms with Crippen molar-refractivity contribution in [3.8, 4) is 0 Å². The molecule has 0 amide bonds. The Bertz CT molecular complexity index is 1320. The Hall–Kier alpha value is -3.15. The number of unbranched alkanes of at least 4 members (excludes halogenated alkanes) is 32. The summed E-state index contributed by atoms with van der Waals surface area (Å²) in [5.41, 5.74) is 0. The van der Waals surface area contributed by atoms with Crippen LogP contribution in [0.15, 0.2) is 72.9 Å². The maximum absolute atomic E-state index is 12.9. The quantitative estimate of drug-likeness (QED) is 0.0261. The van der Waals surface area contributed by atoms with Gasteiger partial charge in [0, 0.05) is 19.3 Å². The van der Waals surface area contributed by atoms with Gasteiger partial charge >= 0.3 is 17.9 Å². The molecule has 0 unspecified atom stereocenters. The molecule has 410 valence electrons. The van der Waals surface area contributed by atoms with Gasteiger partial charge in [0.2, 0.25) is 0 Å². The topological polar surface area (TPSA) is 78.9 Å². The van der Waals surface area contributed by atoms with E-state index in [0.29, 0.717) is 19.3 Å². The first-order valence-electron chi connectivity index (χ1n) is 30.4. The molecule has 1 atom stereocenters. The molecular weight excluding hydrogens is 877 g/mol. The van der Waals surface area contributed by atoms with Gasteiger partial charge in [-0.15, -0.1) is 0 Å². The van der Waals surface area contributed by atoms with Crippen molar-refractivity contribution in [2.75, 3.05) is 13.2 Å². The summed E-state index contributed by atoms with van der Waals surface area (Å²) in [5.74, 6) is -0.910. The van der Waals surface area contributed by atoms with Gasteiger partial charge in [0.15, 0.2) is 6.10 Å². The van der Waals surface area contributed by atoms with E-state index in [9.17, 15) is 14.4 Å². The second-order valence-electron chi connectivity index (χ2n) is 20.2. The number of ether oxygens (including phenoxy) is 3. The van der Waals surface area contributed by atoms with Gasteiger partial charge in [-0.3, -0.25) is 14.4 Å². The highest BCUT2D eigenvalue weighted by molar-refractivity contribution is 5.71. The highest BCUT2D eigenvalue weighted by atomic mass is 16.6. The lowest BCUT2D eigenvalue weighted by Gasteiger charge is -2.18. The van der Waals surface area contributed by atoms with E-state index in [1.807, 2.05) is 0 Å². The number of hydrogen-bond acceptors (Lipinski definition) is 6. The minimum atomic E-state index is -0.791. The molecular formula is C65H114O6. The number of carbonyl (C=O) groups is 3. The Morgan fingerprint density at radius 1 is 0.296 bits per heavy atom. The van der Waals surface area contributed by atoms with E-state index in [0.717, 1.165) is 96.3 Å².